The molecule has 3 heteroatoms. The minimum Gasteiger partial charge on any atom is -0.454 e. The summed E-state index contributed by atoms with van der Waals surface area (Å²) in [7, 11) is 0. The van der Waals surface area contributed by atoms with Crippen molar-refractivity contribution in [2.45, 2.75) is 27.3 Å². The van der Waals surface area contributed by atoms with Crippen LogP contribution in [0.2, 0.25) is 0 Å². The summed E-state index contributed by atoms with van der Waals surface area (Å²) >= 11 is 2.18. The molecule has 1 aromatic heterocycles. The van der Waals surface area contributed by atoms with Crippen LogP contribution >= 0.6 is 22.6 Å². The molecule has 90 valence electrons. The highest BCUT2D eigenvalue weighted by molar-refractivity contribution is 14.1. The van der Waals surface area contributed by atoms with Crippen LogP contribution in [0.4, 0.5) is 5.69 Å². The van der Waals surface area contributed by atoms with Gasteiger partial charge in [0.2, 0.25) is 0 Å². The molecule has 0 bridgehead atoms. The van der Waals surface area contributed by atoms with Gasteiger partial charge in [-0.2, -0.15) is 0 Å². The zero-order valence-corrected chi connectivity index (χ0v) is 12.5. The van der Waals surface area contributed by atoms with Crippen molar-refractivity contribution in [2.24, 2.45) is 0 Å². The molecule has 0 atom stereocenters. The first-order valence-corrected chi connectivity index (χ1v) is 6.70. The summed E-state index contributed by atoms with van der Waals surface area (Å²) in [6, 6.07) is 8.38. The van der Waals surface area contributed by atoms with Gasteiger partial charge < -0.3 is 9.73 Å². The summed E-state index contributed by atoms with van der Waals surface area (Å²) in [6.07, 6.45) is 0. The van der Waals surface area contributed by atoms with E-state index < -0.39 is 0 Å². The lowest BCUT2D eigenvalue weighted by Crippen LogP contribution is -2.02. The smallest absolute Gasteiger partial charge is 0.164 e. The molecule has 0 amide bonds. The predicted molar refractivity (Wildman–Crippen MR) is 79.4 cm³/mol. The summed E-state index contributed by atoms with van der Waals surface area (Å²) in [5.41, 5.74) is 5.08. The van der Waals surface area contributed by atoms with Gasteiger partial charge >= 0.3 is 0 Å². The third kappa shape index (κ3) is 3.03. The third-order valence-electron chi connectivity index (χ3n) is 2.75. The number of hydrogen-bond acceptors (Lipinski definition) is 2. The zero-order chi connectivity index (χ0) is 12.4. The number of rotatable bonds is 3. The lowest BCUT2D eigenvalue weighted by molar-refractivity contribution is 0.493. The van der Waals surface area contributed by atoms with Gasteiger partial charge in [0.1, 0.15) is 5.76 Å². The Balaban J connectivity index is 2.14. The highest BCUT2D eigenvalue weighted by Crippen LogP contribution is 2.23. The average molecular weight is 341 g/mol. The molecule has 2 rings (SSSR count). The SMILES string of the molecule is Cc1cc(C)c(NCc2ccc(I)o2)c(C)c1. The van der Waals surface area contributed by atoms with Crippen LogP contribution < -0.4 is 5.32 Å². The van der Waals surface area contributed by atoms with Crippen LogP contribution in [0.25, 0.3) is 0 Å². The van der Waals surface area contributed by atoms with Crippen LogP contribution in [-0.2, 0) is 6.54 Å². The maximum atomic E-state index is 5.53. The Labute approximate surface area is 116 Å². The number of anilines is 1. The van der Waals surface area contributed by atoms with Crippen LogP contribution in [0.3, 0.4) is 0 Å². The molecule has 1 N–H and O–H groups in total. The standard InChI is InChI=1S/C14H16INO/c1-9-6-10(2)14(11(3)7-9)16-8-12-4-5-13(15)17-12/h4-7,16H,8H2,1-3H3. The Morgan fingerprint density at radius 1 is 1.12 bits per heavy atom. The molecular formula is C14H16INO. The molecule has 0 aliphatic rings. The lowest BCUT2D eigenvalue weighted by Gasteiger charge is -2.12. The van der Waals surface area contributed by atoms with E-state index in [0.29, 0.717) is 0 Å². The number of benzene rings is 1. The molecular weight excluding hydrogens is 325 g/mol. The third-order valence-corrected chi connectivity index (χ3v) is 3.33. The Hall–Kier alpha value is -0.970. The van der Waals surface area contributed by atoms with Crippen molar-refractivity contribution in [2.75, 3.05) is 5.32 Å². The fraction of sp³-hybridized carbons (Fsp3) is 0.286. The molecule has 17 heavy (non-hydrogen) atoms. The summed E-state index contributed by atoms with van der Waals surface area (Å²) in [6.45, 7) is 7.12. The fourth-order valence-corrected chi connectivity index (χ4v) is 2.54. The molecule has 2 aromatic rings. The number of aryl methyl sites for hydroxylation is 3. The minimum atomic E-state index is 0.730. The molecule has 1 aromatic carbocycles. The molecule has 0 saturated heterocycles. The summed E-state index contributed by atoms with van der Waals surface area (Å²) in [5, 5.41) is 3.44. The minimum absolute atomic E-state index is 0.730. The average Bonchev–Trinajstić information content (AvgIpc) is 2.62. The van der Waals surface area contributed by atoms with Gasteiger partial charge in [0, 0.05) is 5.69 Å². The summed E-state index contributed by atoms with van der Waals surface area (Å²) in [5.74, 6) is 0.966. The number of furan rings is 1. The highest BCUT2D eigenvalue weighted by atomic mass is 127. The van der Waals surface area contributed by atoms with Crippen LogP contribution in [0, 0.1) is 24.5 Å². The van der Waals surface area contributed by atoms with Crippen molar-refractivity contribution in [3.8, 4) is 0 Å². The second-order valence-corrected chi connectivity index (χ2v) is 5.40. The fourth-order valence-electron chi connectivity index (χ4n) is 2.08. The Morgan fingerprint density at radius 3 is 2.29 bits per heavy atom. The topological polar surface area (TPSA) is 25.2 Å². The van der Waals surface area contributed by atoms with E-state index >= 15 is 0 Å². The zero-order valence-electron chi connectivity index (χ0n) is 10.3. The quantitative estimate of drug-likeness (QED) is 0.836. The van der Waals surface area contributed by atoms with Crippen molar-refractivity contribution in [3.63, 3.8) is 0 Å². The van der Waals surface area contributed by atoms with Crippen LogP contribution in [-0.4, -0.2) is 0 Å². The lowest BCUT2D eigenvalue weighted by atomic mass is 10.1. The first-order valence-electron chi connectivity index (χ1n) is 5.62. The van der Waals surface area contributed by atoms with Gasteiger partial charge in [0.05, 0.1) is 6.54 Å². The van der Waals surface area contributed by atoms with Crippen LogP contribution in [0.1, 0.15) is 22.5 Å². The van der Waals surface area contributed by atoms with E-state index in [0.717, 1.165) is 16.1 Å². The molecule has 0 saturated carbocycles. The summed E-state index contributed by atoms with van der Waals surface area (Å²) < 4.78 is 6.46. The van der Waals surface area contributed by atoms with E-state index in [9.17, 15) is 0 Å². The van der Waals surface area contributed by atoms with Gasteiger partial charge in [-0.3, -0.25) is 0 Å². The van der Waals surface area contributed by atoms with E-state index in [-0.39, 0.29) is 0 Å². The number of halogens is 1. The maximum absolute atomic E-state index is 5.53. The van der Waals surface area contributed by atoms with Crippen molar-refractivity contribution in [1.29, 1.82) is 0 Å². The second-order valence-electron chi connectivity index (χ2n) is 4.33. The largest absolute Gasteiger partial charge is 0.454 e. The molecule has 0 fully saturated rings. The number of hydrogen-bond donors (Lipinski definition) is 1. The molecule has 0 radical (unpaired) electrons. The normalized spacial score (nSPS) is 10.6. The van der Waals surface area contributed by atoms with Crippen molar-refractivity contribution in [3.05, 3.63) is 50.5 Å². The highest BCUT2D eigenvalue weighted by Gasteiger charge is 2.05. The van der Waals surface area contributed by atoms with E-state index in [1.54, 1.807) is 0 Å². The van der Waals surface area contributed by atoms with E-state index in [1.807, 2.05) is 12.1 Å². The molecule has 0 aliphatic heterocycles. The van der Waals surface area contributed by atoms with Gasteiger partial charge in [-0.15, -0.1) is 0 Å². The first kappa shape index (κ1) is 12.5. The van der Waals surface area contributed by atoms with Gasteiger partial charge in [-0.05, 0) is 66.6 Å². The van der Waals surface area contributed by atoms with Gasteiger partial charge in [-0.25, -0.2) is 0 Å². The van der Waals surface area contributed by atoms with Gasteiger partial charge in [-0.1, -0.05) is 17.7 Å². The number of nitrogens with one attached hydrogen (secondary N) is 1. The van der Waals surface area contributed by atoms with Crippen LogP contribution in [0.5, 0.6) is 0 Å². The predicted octanol–water partition coefficient (Wildman–Crippen LogP) is 4.42. The van der Waals surface area contributed by atoms with Crippen LogP contribution in [0.15, 0.2) is 28.7 Å². The Morgan fingerprint density at radius 2 is 1.76 bits per heavy atom. The second kappa shape index (κ2) is 5.12. The van der Waals surface area contributed by atoms with Gasteiger partial charge in [0.15, 0.2) is 3.77 Å². The van der Waals surface area contributed by atoms with E-state index in [4.69, 9.17) is 4.42 Å². The molecule has 0 aliphatic carbocycles. The first-order chi connectivity index (χ1) is 8.06. The molecule has 0 spiro atoms. The molecule has 2 nitrogen and oxygen atoms in total. The Bertz CT molecular complexity index is 508. The molecule has 0 unspecified atom stereocenters. The monoisotopic (exact) mass is 341 g/mol. The molecule has 1 heterocycles. The Kier molecular flexibility index (Phi) is 3.76. The van der Waals surface area contributed by atoms with E-state index in [2.05, 4.69) is 60.8 Å². The summed E-state index contributed by atoms with van der Waals surface area (Å²) in [4.78, 5) is 0. The maximum Gasteiger partial charge on any atom is 0.164 e. The van der Waals surface area contributed by atoms with Crippen molar-refractivity contribution >= 4 is 28.3 Å². The van der Waals surface area contributed by atoms with Crippen molar-refractivity contribution < 1.29 is 4.42 Å². The van der Waals surface area contributed by atoms with Crippen molar-refractivity contribution in [1.82, 2.24) is 0 Å². The van der Waals surface area contributed by atoms with Gasteiger partial charge in [0.25, 0.3) is 0 Å². The van der Waals surface area contributed by atoms with E-state index in [1.165, 1.54) is 22.4 Å².